The fourth-order valence-corrected chi connectivity index (χ4v) is 3.24. The number of hydrogen-bond donors (Lipinski definition) is 2. The molecular formula is C22H16FN5O3. The van der Waals surface area contributed by atoms with E-state index in [1.165, 1.54) is 24.3 Å². The van der Waals surface area contributed by atoms with E-state index in [2.05, 4.69) is 20.5 Å². The fourth-order valence-electron chi connectivity index (χ4n) is 3.24. The molecule has 0 bridgehead atoms. The van der Waals surface area contributed by atoms with Crippen LogP contribution in [0.3, 0.4) is 0 Å². The number of carbonyl (C=O) groups is 1. The number of H-pyrrole nitrogens is 1. The molecule has 154 valence electrons. The van der Waals surface area contributed by atoms with Gasteiger partial charge < -0.3 is 5.32 Å². The van der Waals surface area contributed by atoms with Crippen molar-refractivity contribution in [1.82, 2.24) is 15.2 Å². The van der Waals surface area contributed by atoms with Gasteiger partial charge in [-0.2, -0.15) is 5.10 Å². The molecule has 1 amide bonds. The average Bonchev–Trinajstić information content (AvgIpc) is 3.19. The smallest absolute Gasteiger partial charge is 0.304 e. The Balaban J connectivity index is 1.75. The second kappa shape index (κ2) is 8.54. The van der Waals surface area contributed by atoms with Crippen molar-refractivity contribution in [3.8, 4) is 22.4 Å². The number of nitrogens with one attached hydrogen (secondary N) is 2. The maximum absolute atomic E-state index is 13.4. The van der Waals surface area contributed by atoms with Crippen molar-refractivity contribution >= 4 is 11.7 Å². The Morgan fingerprint density at radius 3 is 2.32 bits per heavy atom. The van der Waals surface area contributed by atoms with Crippen molar-refractivity contribution < 1.29 is 14.1 Å². The molecule has 0 saturated heterocycles. The van der Waals surface area contributed by atoms with Gasteiger partial charge in [-0.1, -0.05) is 30.3 Å². The highest BCUT2D eigenvalue weighted by Crippen LogP contribution is 2.36. The minimum atomic E-state index is -1.59. The molecule has 4 rings (SSSR count). The number of carbonyl (C=O) groups excluding carboxylic acids is 1. The maximum atomic E-state index is 13.4. The lowest BCUT2D eigenvalue weighted by Gasteiger charge is -2.11. The SMILES string of the molecule is O=C(Nc1[nH]nc(-c2ccc(F)cc2)c1-c1ccncc1)C(c1ccccc1)[N+](=O)[O-]. The van der Waals surface area contributed by atoms with Gasteiger partial charge in [0.1, 0.15) is 17.3 Å². The Hall–Kier alpha value is -4.40. The van der Waals surface area contributed by atoms with E-state index in [4.69, 9.17) is 0 Å². The number of nitro groups is 1. The third-order valence-corrected chi connectivity index (χ3v) is 4.68. The van der Waals surface area contributed by atoms with Crippen LogP contribution in [-0.4, -0.2) is 26.0 Å². The number of benzene rings is 2. The summed E-state index contributed by atoms with van der Waals surface area (Å²) in [7, 11) is 0. The van der Waals surface area contributed by atoms with E-state index >= 15 is 0 Å². The first-order valence-electron chi connectivity index (χ1n) is 9.28. The summed E-state index contributed by atoms with van der Waals surface area (Å²) in [4.78, 5) is 27.8. The zero-order valence-corrected chi connectivity index (χ0v) is 16.0. The molecule has 9 heteroatoms. The van der Waals surface area contributed by atoms with E-state index in [-0.39, 0.29) is 11.4 Å². The highest BCUT2D eigenvalue weighted by Gasteiger charge is 2.33. The third-order valence-electron chi connectivity index (χ3n) is 4.68. The Bertz CT molecular complexity index is 1210. The molecule has 0 spiro atoms. The van der Waals surface area contributed by atoms with Gasteiger partial charge in [-0.3, -0.25) is 25.0 Å². The predicted molar refractivity (Wildman–Crippen MR) is 112 cm³/mol. The standard InChI is InChI=1S/C22H16FN5O3/c23-17-8-6-15(7-9-17)19-18(14-10-12-24-13-11-14)21(27-26-19)25-22(29)20(28(30)31)16-4-2-1-3-5-16/h1-13,20H,(H2,25,26,27,29). The van der Waals surface area contributed by atoms with Gasteiger partial charge in [0.25, 0.3) is 0 Å². The first-order chi connectivity index (χ1) is 15.0. The molecule has 0 aliphatic heterocycles. The van der Waals surface area contributed by atoms with Crippen molar-refractivity contribution in [3.63, 3.8) is 0 Å². The summed E-state index contributed by atoms with van der Waals surface area (Å²) in [6.45, 7) is 0. The number of halogens is 1. The molecule has 1 unspecified atom stereocenters. The van der Waals surface area contributed by atoms with Crippen molar-refractivity contribution in [2.24, 2.45) is 0 Å². The number of aromatic amines is 1. The number of aromatic nitrogens is 3. The molecular weight excluding hydrogens is 401 g/mol. The number of nitrogens with zero attached hydrogens (tertiary/aromatic N) is 3. The summed E-state index contributed by atoms with van der Waals surface area (Å²) in [5.41, 5.74) is 2.51. The average molecular weight is 417 g/mol. The number of pyridine rings is 1. The lowest BCUT2D eigenvalue weighted by molar-refractivity contribution is -0.512. The van der Waals surface area contributed by atoms with Crippen LogP contribution in [0.1, 0.15) is 11.6 Å². The summed E-state index contributed by atoms with van der Waals surface area (Å²) >= 11 is 0. The van der Waals surface area contributed by atoms with E-state index in [1.54, 1.807) is 54.9 Å². The third kappa shape index (κ3) is 4.15. The molecule has 0 radical (unpaired) electrons. The quantitative estimate of drug-likeness (QED) is 0.360. The summed E-state index contributed by atoms with van der Waals surface area (Å²) in [5.74, 6) is -1.02. The van der Waals surface area contributed by atoms with Crippen molar-refractivity contribution in [2.45, 2.75) is 6.04 Å². The molecule has 0 aliphatic rings. The lowest BCUT2D eigenvalue weighted by Crippen LogP contribution is -2.27. The Kier molecular flexibility index (Phi) is 5.48. The van der Waals surface area contributed by atoms with Crippen molar-refractivity contribution in [1.29, 1.82) is 0 Å². The summed E-state index contributed by atoms with van der Waals surface area (Å²) in [6.07, 6.45) is 3.15. The molecule has 4 aromatic rings. The number of rotatable bonds is 6. The summed E-state index contributed by atoms with van der Waals surface area (Å²) < 4.78 is 13.4. The molecule has 31 heavy (non-hydrogen) atoms. The molecule has 8 nitrogen and oxygen atoms in total. The molecule has 2 aromatic carbocycles. The predicted octanol–water partition coefficient (Wildman–Crippen LogP) is 4.23. The first kappa shape index (κ1) is 19.9. The molecule has 1 atom stereocenters. The first-order valence-corrected chi connectivity index (χ1v) is 9.28. The van der Waals surface area contributed by atoms with Gasteiger partial charge >= 0.3 is 11.9 Å². The molecule has 2 aromatic heterocycles. The lowest BCUT2D eigenvalue weighted by atomic mass is 10.0. The van der Waals surface area contributed by atoms with Crippen LogP contribution in [0, 0.1) is 15.9 Å². The Labute approximate surface area is 175 Å². The minimum Gasteiger partial charge on any atom is -0.304 e. The van der Waals surface area contributed by atoms with E-state index in [0.29, 0.717) is 22.4 Å². The van der Waals surface area contributed by atoms with Gasteiger partial charge in [0, 0.05) is 28.4 Å². The van der Waals surface area contributed by atoms with Crippen LogP contribution in [0.2, 0.25) is 0 Å². The van der Waals surface area contributed by atoms with Crippen LogP contribution in [0.4, 0.5) is 10.2 Å². The van der Waals surface area contributed by atoms with Gasteiger partial charge in [0.2, 0.25) is 0 Å². The van der Waals surface area contributed by atoms with Crippen molar-refractivity contribution in [2.75, 3.05) is 5.32 Å². The second-order valence-corrected chi connectivity index (χ2v) is 6.65. The maximum Gasteiger partial charge on any atom is 0.315 e. The summed E-state index contributed by atoms with van der Waals surface area (Å²) in [6, 6.07) is 15.6. The molecule has 2 N–H and O–H groups in total. The number of hydrogen-bond acceptors (Lipinski definition) is 5. The fraction of sp³-hybridized carbons (Fsp3) is 0.0455. The molecule has 0 fully saturated rings. The van der Waals surface area contributed by atoms with Gasteiger partial charge in [0.15, 0.2) is 0 Å². The van der Waals surface area contributed by atoms with Gasteiger partial charge in [-0.25, -0.2) is 4.39 Å². The zero-order valence-electron chi connectivity index (χ0n) is 16.0. The van der Waals surface area contributed by atoms with Crippen LogP contribution < -0.4 is 5.32 Å². The Morgan fingerprint density at radius 2 is 1.68 bits per heavy atom. The topological polar surface area (TPSA) is 114 Å². The molecule has 0 saturated carbocycles. The van der Waals surface area contributed by atoms with Crippen LogP contribution in [-0.2, 0) is 4.79 Å². The van der Waals surface area contributed by atoms with Crippen LogP contribution in [0.5, 0.6) is 0 Å². The highest BCUT2D eigenvalue weighted by molar-refractivity contribution is 6.00. The van der Waals surface area contributed by atoms with E-state index in [0.717, 1.165) is 0 Å². The van der Waals surface area contributed by atoms with Crippen LogP contribution >= 0.6 is 0 Å². The second-order valence-electron chi connectivity index (χ2n) is 6.65. The summed E-state index contributed by atoms with van der Waals surface area (Å²) in [5, 5.41) is 21.2. The number of amides is 1. The van der Waals surface area contributed by atoms with Crippen molar-refractivity contribution in [3.05, 3.63) is 101 Å². The zero-order chi connectivity index (χ0) is 21.8. The molecule has 2 heterocycles. The van der Waals surface area contributed by atoms with Crippen LogP contribution in [0.25, 0.3) is 22.4 Å². The van der Waals surface area contributed by atoms with E-state index < -0.39 is 22.7 Å². The monoisotopic (exact) mass is 417 g/mol. The van der Waals surface area contributed by atoms with E-state index in [1.807, 2.05) is 0 Å². The van der Waals surface area contributed by atoms with Gasteiger partial charge in [-0.05, 0) is 42.0 Å². The minimum absolute atomic E-state index is 0.193. The normalized spacial score (nSPS) is 11.6. The van der Waals surface area contributed by atoms with E-state index in [9.17, 15) is 19.3 Å². The van der Waals surface area contributed by atoms with Gasteiger partial charge in [0.05, 0.1) is 5.56 Å². The highest BCUT2D eigenvalue weighted by atomic mass is 19.1. The van der Waals surface area contributed by atoms with Crippen LogP contribution in [0.15, 0.2) is 79.1 Å². The Morgan fingerprint density at radius 1 is 1.00 bits per heavy atom. The molecule has 0 aliphatic carbocycles. The largest absolute Gasteiger partial charge is 0.315 e. The van der Waals surface area contributed by atoms with Gasteiger partial charge in [-0.15, -0.1) is 0 Å². The number of anilines is 1.